The van der Waals surface area contributed by atoms with Crippen LogP contribution in [-0.4, -0.2) is 24.3 Å². The van der Waals surface area contributed by atoms with E-state index in [1.165, 1.54) is 7.11 Å². The van der Waals surface area contributed by atoms with Crippen LogP contribution in [0.2, 0.25) is 0 Å². The van der Waals surface area contributed by atoms with Crippen molar-refractivity contribution < 1.29 is 14.6 Å². The first-order chi connectivity index (χ1) is 4.74. The molecule has 2 atom stereocenters. The maximum absolute atomic E-state index is 10.8. The van der Waals surface area contributed by atoms with E-state index in [0.29, 0.717) is 6.42 Å². The second kappa shape index (κ2) is 3.01. The largest absolute Gasteiger partial charge is 0.469 e. The summed E-state index contributed by atoms with van der Waals surface area (Å²) in [5.41, 5.74) is 0. The molecule has 0 aromatic rings. The Hall–Kier alpha value is -0.570. The van der Waals surface area contributed by atoms with E-state index in [2.05, 4.69) is 4.74 Å². The Morgan fingerprint density at radius 2 is 2.30 bits per heavy atom. The number of hydrogen-bond donors (Lipinski definition) is 1. The van der Waals surface area contributed by atoms with Crippen molar-refractivity contribution in [1.82, 2.24) is 0 Å². The normalized spacial score (nSPS) is 32.2. The van der Waals surface area contributed by atoms with E-state index >= 15 is 0 Å². The van der Waals surface area contributed by atoms with Gasteiger partial charge in [-0.3, -0.25) is 4.79 Å². The maximum Gasteiger partial charge on any atom is 0.308 e. The zero-order valence-electron chi connectivity index (χ0n) is 6.04. The highest BCUT2D eigenvalue weighted by atomic mass is 16.5. The van der Waals surface area contributed by atoms with Crippen LogP contribution in [0.15, 0.2) is 0 Å². The van der Waals surface area contributed by atoms with Crippen molar-refractivity contribution >= 4 is 5.97 Å². The van der Waals surface area contributed by atoms with Gasteiger partial charge in [-0.05, 0) is 19.3 Å². The third-order valence-corrected chi connectivity index (χ3v) is 1.94. The summed E-state index contributed by atoms with van der Waals surface area (Å²) < 4.78 is 4.53. The lowest BCUT2D eigenvalue weighted by atomic mass is 10.1. The molecule has 0 amide bonds. The topological polar surface area (TPSA) is 46.5 Å². The first-order valence-corrected chi connectivity index (χ1v) is 3.50. The standard InChI is InChI=1S/C7H12O3/c1-10-7(9)5-2-3-6(8)4-5/h5-6,8H,2-4H2,1H3/t5-,6?/m1/s1. The van der Waals surface area contributed by atoms with E-state index in [1.54, 1.807) is 0 Å². The third-order valence-electron chi connectivity index (χ3n) is 1.94. The van der Waals surface area contributed by atoms with Crippen LogP contribution in [0.25, 0.3) is 0 Å². The molecule has 1 rings (SSSR count). The Labute approximate surface area is 60.0 Å². The lowest BCUT2D eigenvalue weighted by molar-refractivity contribution is -0.145. The molecule has 0 spiro atoms. The highest BCUT2D eigenvalue weighted by Gasteiger charge is 2.28. The van der Waals surface area contributed by atoms with Crippen molar-refractivity contribution in [3.05, 3.63) is 0 Å². The van der Waals surface area contributed by atoms with Gasteiger partial charge < -0.3 is 9.84 Å². The molecular weight excluding hydrogens is 132 g/mol. The fourth-order valence-electron chi connectivity index (χ4n) is 1.34. The van der Waals surface area contributed by atoms with Crippen molar-refractivity contribution in [2.75, 3.05) is 7.11 Å². The molecule has 1 unspecified atom stereocenters. The fourth-order valence-corrected chi connectivity index (χ4v) is 1.34. The Morgan fingerprint density at radius 1 is 1.60 bits per heavy atom. The number of carbonyl (C=O) groups is 1. The van der Waals surface area contributed by atoms with Crippen molar-refractivity contribution in [3.8, 4) is 0 Å². The number of methoxy groups -OCH3 is 1. The van der Waals surface area contributed by atoms with Crippen LogP contribution in [0.5, 0.6) is 0 Å². The van der Waals surface area contributed by atoms with Gasteiger partial charge in [-0.25, -0.2) is 0 Å². The van der Waals surface area contributed by atoms with Crippen LogP contribution in [0.4, 0.5) is 0 Å². The van der Waals surface area contributed by atoms with E-state index < -0.39 is 0 Å². The summed E-state index contributed by atoms with van der Waals surface area (Å²) in [6.45, 7) is 0. The van der Waals surface area contributed by atoms with Crippen molar-refractivity contribution in [3.63, 3.8) is 0 Å². The zero-order valence-corrected chi connectivity index (χ0v) is 6.04. The molecule has 10 heavy (non-hydrogen) atoms. The van der Waals surface area contributed by atoms with Crippen molar-refractivity contribution in [2.45, 2.75) is 25.4 Å². The first kappa shape index (κ1) is 7.54. The van der Waals surface area contributed by atoms with Gasteiger partial charge in [0.1, 0.15) is 0 Å². The van der Waals surface area contributed by atoms with Crippen LogP contribution < -0.4 is 0 Å². The number of carbonyl (C=O) groups excluding carboxylic acids is 1. The van der Waals surface area contributed by atoms with Crippen molar-refractivity contribution in [2.24, 2.45) is 5.92 Å². The molecule has 0 heterocycles. The Kier molecular flexibility index (Phi) is 2.27. The molecule has 0 bridgehead atoms. The van der Waals surface area contributed by atoms with E-state index in [9.17, 15) is 4.79 Å². The van der Waals surface area contributed by atoms with E-state index in [-0.39, 0.29) is 18.0 Å². The quantitative estimate of drug-likeness (QED) is 0.539. The minimum Gasteiger partial charge on any atom is -0.469 e. The predicted molar refractivity (Wildman–Crippen MR) is 35.4 cm³/mol. The Balaban J connectivity index is 2.37. The molecule has 0 aromatic carbocycles. The van der Waals surface area contributed by atoms with Crippen LogP contribution in [-0.2, 0) is 9.53 Å². The third kappa shape index (κ3) is 1.48. The molecule has 1 saturated carbocycles. The van der Waals surface area contributed by atoms with Gasteiger partial charge in [0.2, 0.25) is 0 Å². The number of rotatable bonds is 1. The summed E-state index contributed by atoms with van der Waals surface area (Å²) in [6.07, 6.45) is 1.80. The number of aliphatic hydroxyl groups excluding tert-OH is 1. The molecule has 0 aromatic heterocycles. The molecule has 1 N–H and O–H groups in total. The maximum atomic E-state index is 10.8. The van der Waals surface area contributed by atoms with Crippen LogP contribution >= 0.6 is 0 Å². The Morgan fingerprint density at radius 3 is 2.70 bits per heavy atom. The number of hydrogen-bond acceptors (Lipinski definition) is 3. The monoisotopic (exact) mass is 144 g/mol. The van der Waals surface area contributed by atoms with Crippen LogP contribution in [0.1, 0.15) is 19.3 Å². The molecule has 1 fully saturated rings. The Bertz CT molecular complexity index is 133. The van der Waals surface area contributed by atoms with Gasteiger partial charge in [-0.15, -0.1) is 0 Å². The molecule has 0 radical (unpaired) electrons. The molecule has 0 aliphatic heterocycles. The average Bonchev–Trinajstić information content (AvgIpc) is 2.34. The lowest BCUT2D eigenvalue weighted by Gasteiger charge is -2.04. The second-order valence-corrected chi connectivity index (χ2v) is 2.69. The summed E-state index contributed by atoms with van der Waals surface area (Å²) in [5.74, 6) is -0.239. The summed E-state index contributed by atoms with van der Waals surface area (Å²) in [5, 5.41) is 9.04. The minimum atomic E-state index is -0.288. The van der Waals surface area contributed by atoms with E-state index in [4.69, 9.17) is 5.11 Å². The van der Waals surface area contributed by atoms with Gasteiger partial charge in [0.05, 0.1) is 19.1 Å². The number of aliphatic hydroxyl groups is 1. The van der Waals surface area contributed by atoms with Crippen LogP contribution in [0, 0.1) is 5.92 Å². The first-order valence-electron chi connectivity index (χ1n) is 3.50. The molecule has 3 heteroatoms. The van der Waals surface area contributed by atoms with Crippen molar-refractivity contribution in [1.29, 1.82) is 0 Å². The van der Waals surface area contributed by atoms with Gasteiger partial charge >= 0.3 is 5.97 Å². The molecule has 1 aliphatic rings. The molecule has 0 saturated heterocycles. The molecular formula is C7H12O3. The molecule has 58 valence electrons. The summed E-state index contributed by atoms with van der Waals surface area (Å²) in [7, 11) is 1.38. The van der Waals surface area contributed by atoms with Crippen LogP contribution in [0.3, 0.4) is 0 Å². The molecule has 1 aliphatic carbocycles. The summed E-state index contributed by atoms with van der Waals surface area (Å²) in [4.78, 5) is 10.8. The number of esters is 1. The second-order valence-electron chi connectivity index (χ2n) is 2.69. The fraction of sp³-hybridized carbons (Fsp3) is 0.857. The smallest absolute Gasteiger partial charge is 0.308 e. The summed E-state index contributed by atoms with van der Waals surface area (Å²) >= 11 is 0. The van der Waals surface area contributed by atoms with E-state index in [0.717, 1.165) is 12.8 Å². The van der Waals surface area contributed by atoms with Gasteiger partial charge in [0, 0.05) is 0 Å². The predicted octanol–water partition coefficient (Wildman–Crippen LogP) is 0.320. The SMILES string of the molecule is COC(=O)[C@@H]1CCC(O)C1. The lowest BCUT2D eigenvalue weighted by Crippen LogP contribution is -2.13. The molecule has 3 nitrogen and oxygen atoms in total. The van der Waals surface area contributed by atoms with E-state index in [1.807, 2.05) is 0 Å². The summed E-state index contributed by atoms with van der Waals surface area (Å²) in [6, 6.07) is 0. The minimum absolute atomic E-state index is 0.0556. The van der Waals surface area contributed by atoms with Gasteiger partial charge in [0.25, 0.3) is 0 Å². The zero-order chi connectivity index (χ0) is 7.56. The average molecular weight is 144 g/mol. The van der Waals surface area contributed by atoms with Gasteiger partial charge in [-0.1, -0.05) is 0 Å². The number of ether oxygens (including phenoxy) is 1. The van der Waals surface area contributed by atoms with Gasteiger partial charge in [0.15, 0.2) is 0 Å². The highest BCUT2D eigenvalue weighted by molar-refractivity contribution is 5.72. The van der Waals surface area contributed by atoms with Gasteiger partial charge in [-0.2, -0.15) is 0 Å². The highest BCUT2D eigenvalue weighted by Crippen LogP contribution is 2.25.